The summed E-state index contributed by atoms with van der Waals surface area (Å²) in [6.07, 6.45) is 1.54. The van der Waals surface area contributed by atoms with Gasteiger partial charge in [0, 0.05) is 29.3 Å². The molecule has 1 aromatic rings. The van der Waals surface area contributed by atoms with E-state index in [1.807, 2.05) is 23.8 Å². The van der Waals surface area contributed by atoms with Gasteiger partial charge in [-0.15, -0.1) is 0 Å². The van der Waals surface area contributed by atoms with Gasteiger partial charge in [-0.05, 0) is 26.7 Å². The van der Waals surface area contributed by atoms with E-state index in [1.54, 1.807) is 0 Å². The molecule has 0 aliphatic rings. The molecule has 0 aromatic carbocycles. The normalized spacial score (nSPS) is 11.8. The second kappa shape index (κ2) is 10.3. The van der Waals surface area contributed by atoms with Crippen LogP contribution in [-0.4, -0.2) is 43.6 Å². The fourth-order valence-electron chi connectivity index (χ4n) is 2.18. The van der Waals surface area contributed by atoms with Crippen LogP contribution in [0.4, 0.5) is 0 Å². The van der Waals surface area contributed by atoms with Crippen molar-refractivity contribution >= 4 is 9.52 Å². The molecule has 0 bridgehead atoms. The van der Waals surface area contributed by atoms with Crippen LogP contribution in [0, 0.1) is 0 Å². The molecule has 2 N–H and O–H groups in total. The number of nitrogens with zero attached hydrogens (tertiary/aromatic N) is 1. The molecule has 0 spiro atoms. The van der Waals surface area contributed by atoms with Crippen LogP contribution in [0.1, 0.15) is 26.7 Å². The maximum Gasteiger partial charge on any atom is 0.333 e. The van der Waals surface area contributed by atoms with Gasteiger partial charge in [0.25, 0.3) is 0 Å². The molecule has 0 aliphatic heterocycles. The summed E-state index contributed by atoms with van der Waals surface area (Å²) in [6.45, 7) is 5.51. The molecular weight excluding hydrogens is 306 g/mol. The Balaban J connectivity index is 2.27. The first kappa shape index (κ1) is 18.6. The second-order valence-electron chi connectivity index (χ2n) is 4.88. The minimum absolute atomic E-state index is 0.118. The van der Waals surface area contributed by atoms with Gasteiger partial charge in [-0.3, -0.25) is 9.97 Å². The van der Waals surface area contributed by atoms with Gasteiger partial charge in [0.05, 0.1) is 0 Å². The van der Waals surface area contributed by atoms with Crippen molar-refractivity contribution in [1.82, 2.24) is 14.5 Å². The average Bonchev–Trinajstić information content (AvgIpc) is 2.45. The summed E-state index contributed by atoms with van der Waals surface area (Å²) in [5, 5.41) is 0. The molecule has 9 heteroatoms. The van der Waals surface area contributed by atoms with Gasteiger partial charge in [-0.1, -0.05) is 12.1 Å². The lowest BCUT2D eigenvalue weighted by Gasteiger charge is -2.16. The molecule has 0 amide bonds. The third-order valence-electron chi connectivity index (χ3n) is 3.21. The van der Waals surface area contributed by atoms with E-state index in [4.69, 9.17) is 9.47 Å². The van der Waals surface area contributed by atoms with E-state index in [1.165, 1.54) is 0 Å². The van der Waals surface area contributed by atoms with E-state index in [-0.39, 0.29) is 15.8 Å². The minimum Gasteiger partial charge on any atom is -0.353 e. The Labute approximate surface area is 130 Å². The van der Waals surface area contributed by atoms with E-state index in [0.717, 1.165) is 29.5 Å². The van der Waals surface area contributed by atoms with Gasteiger partial charge in [-0.2, -0.15) is 0 Å². The van der Waals surface area contributed by atoms with Crippen LogP contribution in [0.2, 0.25) is 12.1 Å². The highest BCUT2D eigenvalue weighted by Gasteiger charge is 2.07. The van der Waals surface area contributed by atoms with Gasteiger partial charge in [0.2, 0.25) is 0 Å². The highest BCUT2D eigenvalue weighted by molar-refractivity contribution is 6.35. The third-order valence-corrected chi connectivity index (χ3v) is 5.12. The monoisotopic (exact) mass is 331 g/mol. The van der Waals surface area contributed by atoms with Crippen molar-refractivity contribution in [1.29, 1.82) is 0 Å². The maximum absolute atomic E-state index is 11.5. The van der Waals surface area contributed by atoms with E-state index in [2.05, 4.69) is 0 Å². The van der Waals surface area contributed by atoms with Crippen molar-refractivity contribution in [3.05, 3.63) is 31.5 Å². The van der Waals surface area contributed by atoms with Crippen molar-refractivity contribution in [3.8, 4) is 0 Å². The number of aromatic amines is 2. The zero-order valence-corrected chi connectivity index (χ0v) is 14.6. The van der Waals surface area contributed by atoms with Crippen molar-refractivity contribution in [2.24, 2.45) is 0 Å². The smallest absolute Gasteiger partial charge is 0.333 e. The molecule has 0 saturated carbocycles. The molecular formula is C13H25N3O5Si. The summed E-state index contributed by atoms with van der Waals surface area (Å²) in [4.78, 5) is 38.0. The van der Waals surface area contributed by atoms with Gasteiger partial charge < -0.3 is 9.47 Å². The predicted molar refractivity (Wildman–Crippen MR) is 86.4 cm³/mol. The quantitative estimate of drug-likeness (QED) is 0.320. The molecule has 1 heterocycles. The van der Waals surface area contributed by atoms with Crippen molar-refractivity contribution < 1.29 is 9.47 Å². The van der Waals surface area contributed by atoms with Gasteiger partial charge in [0.1, 0.15) is 0 Å². The van der Waals surface area contributed by atoms with E-state index >= 15 is 0 Å². The number of aromatic nitrogens is 3. The van der Waals surface area contributed by atoms with Gasteiger partial charge in [0.15, 0.2) is 6.29 Å². The Morgan fingerprint density at radius 3 is 2.18 bits per heavy atom. The molecule has 0 unspecified atom stereocenters. The summed E-state index contributed by atoms with van der Waals surface area (Å²) < 4.78 is 12.0. The minimum atomic E-state index is -0.765. The Morgan fingerprint density at radius 1 is 1.05 bits per heavy atom. The van der Waals surface area contributed by atoms with Crippen LogP contribution < -0.4 is 17.1 Å². The Morgan fingerprint density at radius 2 is 1.64 bits per heavy atom. The summed E-state index contributed by atoms with van der Waals surface area (Å²) in [5.74, 6) is 0. The average molecular weight is 331 g/mol. The fraction of sp³-hybridized carbons (Fsp3) is 0.769. The zero-order chi connectivity index (χ0) is 16.4. The maximum atomic E-state index is 11.5. The van der Waals surface area contributed by atoms with Crippen molar-refractivity contribution in [2.75, 3.05) is 13.2 Å². The lowest BCUT2D eigenvalue weighted by Crippen LogP contribution is -2.43. The Hall–Kier alpha value is -1.45. The number of nitrogens with one attached hydrogen (secondary N) is 2. The number of hydrogen-bond acceptors (Lipinski definition) is 5. The van der Waals surface area contributed by atoms with E-state index < -0.39 is 17.1 Å². The van der Waals surface area contributed by atoms with Crippen molar-refractivity contribution in [2.45, 2.75) is 51.6 Å². The lowest BCUT2D eigenvalue weighted by molar-refractivity contribution is -0.136. The highest BCUT2D eigenvalue weighted by Crippen LogP contribution is 2.06. The first-order valence-corrected chi connectivity index (χ1v) is 9.75. The fourth-order valence-corrected chi connectivity index (χ4v) is 3.73. The summed E-state index contributed by atoms with van der Waals surface area (Å²) in [5.41, 5.74) is -2.06. The molecule has 0 aliphatic carbocycles. The standard InChI is InChI=1S/C13H25N3O5Si/c1-3-20-10(21-4-2)6-9-22-8-5-7-16-12(18)14-11(17)15-13(16)19/h10H,3-9,22H2,1-2H3,(H2,14,15,17,18,19). The topological polar surface area (TPSA) is 106 Å². The van der Waals surface area contributed by atoms with Gasteiger partial charge in [-0.25, -0.2) is 19.0 Å². The molecule has 22 heavy (non-hydrogen) atoms. The van der Waals surface area contributed by atoms with Gasteiger partial charge >= 0.3 is 17.1 Å². The number of hydrogen-bond donors (Lipinski definition) is 2. The first-order valence-electron chi connectivity index (χ1n) is 7.75. The Bertz CT molecular complexity index is 554. The van der Waals surface area contributed by atoms with E-state index in [9.17, 15) is 14.4 Å². The summed E-state index contributed by atoms with van der Waals surface area (Å²) in [7, 11) is -0.273. The van der Waals surface area contributed by atoms with Crippen LogP contribution in [0.5, 0.6) is 0 Å². The molecule has 1 aromatic heterocycles. The highest BCUT2D eigenvalue weighted by atomic mass is 28.2. The summed E-state index contributed by atoms with van der Waals surface area (Å²) in [6, 6.07) is 2.12. The molecule has 1 rings (SSSR count). The predicted octanol–water partition coefficient (Wildman–Crippen LogP) is -0.590. The van der Waals surface area contributed by atoms with Crippen LogP contribution in [-0.2, 0) is 16.0 Å². The SMILES string of the molecule is CCOC(CC[SiH2]CCCn1c(=O)[nH]c(=O)[nH]c1=O)OCC. The van der Waals surface area contributed by atoms with Crippen LogP contribution >= 0.6 is 0 Å². The molecule has 0 atom stereocenters. The van der Waals surface area contributed by atoms with Crippen LogP contribution in [0.15, 0.2) is 14.4 Å². The molecule has 126 valence electrons. The zero-order valence-electron chi connectivity index (χ0n) is 13.2. The van der Waals surface area contributed by atoms with Crippen molar-refractivity contribution in [3.63, 3.8) is 0 Å². The number of ether oxygens (including phenoxy) is 2. The summed E-state index contributed by atoms with van der Waals surface area (Å²) >= 11 is 0. The number of H-pyrrole nitrogens is 2. The lowest BCUT2D eigenvalue weighted by atomic mass is 10.4. The van der Waals surface area contributed by atoms with Crippen LogP contribution in [0.25, 0.3) is 0 Å². The second-order valence-corrected chi connectivity index (χ2v) is 7.01. The number of rotatable bonds is 11. The Kier molecular flexibility index (Phi) is 8.71. The molecule has 0 saturated heterocycles. The molecule has 0 radical (unpaired) electrons. The molecule has 0 fully saturated rings. The first-order chi connectivity index (χ1) is 10.6. The molecule has 8 nitrogen and oxygen atoms in total. The van der Waals surface area contributed by atoms with Crippen LogP contribution in [0.3, 0.4) is 0 Å². The van der Waals surface area contributed by atoms with E-state index in [0.29, 0.717) is 19.8 Å². The third kappa shape index (κ3) is 6.54. The largest absolute Gasteiger partial charge is 0.353 e.